The summed E-state index contributed by atoms with van der Waals surface area (Å²) in [6.07, 6.45) is 0.900. The average Bonchev–Trinajstić information content (AvgIpc) is 2.66. The van der Waals surface area contributed by atoms with E-state index in [2.05, 4.69) is 5.32 Å². The molecule has 0 spiro atoms. The van der Waals surface area contributed by atoms with Gasteiger partial charge in [-0.15, -0.1) is 0 Å². The summed E-state index contributed by atoms with van der Waals surface area (Å²) in [5.41, 5.74) is 3.30. The van der Waals surface area contributed by atoms with Crippen molar-refractivity contribution in [3.63, 3.8) is 0 Å². The molecular formula is C21H25Cl2N2O3+. The Morgan fingerprint density at radius 3 is 2.46 bits per heavy atom. The number of methoxy groups -OCH3 is 2. The van der Waals surface area contributed by atoms with Gasteiger partial charge in [-0.1, -0.05) is 29.3 Å². The predicted molar refractivity (Wildman–Crippen MR) is 111 cm³/mol. The van der Waals surface area contributed by atoms with E-state index in [1.165, 1.54) is 16.0 Å². The zero-order valence-electron chi connectivity index (χ0n) is 16.3. The van der Waals surface area contributed by atoms with Crippen LogP contribution in [0.15, 0.2) is 30.3 Å². The first-order valence-electron chi connectivity index (χ1n) is 9.23. The Bertz CT molecular complexity index is 873. The van der Waals surface area contributed by atoms with E-state index in [4.69, 9.17) is 32.7 Å². The number of amides is 1. The van der Waals surface area contributed by atoms with Crippen LogP contribution in [0, 0.1) is 0 Å². The second-order valence-electron chi connectivity index (χ2n) is 7.03. The number of halogens is 2. The Balaban J connectivity index is 1.62. The van der Waals surface area contributed by atoms with Crippen LogP contribution in [0.4, 0.5) is 0 Å². The van der Waals surface area contributed by atoms with E-state index >= 15 is 0 Å². The number of carbonyl (C=O) groups is 1. The number of quaternary nitrogens is 1. The van der Waals surface area contributed by atoms with Crippen molar-refractivity contribution in [1.29, 1.82) is 0 Å². The summed E-state index contributed by atoms with van der Waals surface area (Å²) in [6.45, 7) is 4.00. The molecule has 1 amide bonds. The molecule has 3 rings (SSSR count). The van der Waals surface area contributed by atoms with Gasteiger partial charge < -0.3 is 19.7 Å². The van der Waals surface area contributed by atoms with E-state index in [0.29, 0.717) is 16.6 Å². The lowest BCUT2D eigenvalue weighted by atomic mass is 9.98. The number of ether oxygens (including phenoxy) is 2. The Morgan fingerprint density at radius 1 is 1.14 bits per heavy atom. The van der Waals surface area contributed by atoms with Crippen molar-refractivity contribution >= 4 is 29.1 Å². The molecule has 0 saturated carbocycles. The standard InChI is InChI=1S/C21H24Cl2N2O3/c1-13(17-5-4-16(22)10-18(17)23)24-21(26)12-25-7-6-14-8-19(27-2)20(28-3)9-15(14)11-25/h4-5,8-10,13H,6-7,11-12H2,1-3H3,(H,24,26)/p+1/t13-/m0/s1. The molecule has 2 atom stereocenters. The van der Waals surface area contributed by atoms with Gasteiger partial charge in [0.05, 0.1) is 26.8 Å². The maximum Gasteiger partial charge on any atom is 0.275 e. The second-order valence-corrected chi connectivity index (χ2v) is 7.88. The Kier molecular flexibility index (Phi) is 6.70. The van der Waals surface area contributed by atoms with Crippen LogP contribution in [0.1, 0.15) is 29.7 Å². The smallest absolute Gasteiger partial charge is 0.275 e. The van der Waals surface area contributed by atoms with E-state index in [9.17, 15) is 4.79 Å². The topological polar surface area (TPSA) is 52.0 Å². The third-order valence-electron chi connectivity index (χ3n) is 5.11. The zero-order valence-corrected chi connectivity index (χ0v) is 17.8. The van der Waals surface area contributed by atoms with Gasteiger partial charge >= 0.3 is 0 Å². The molecule has 5 nitrogen and oxygen atoms in total. The van der Waals surface area contributed by atoms with Crippen LogP contribution in [0.2, 0.25) is 10.0 Å². The van der Waals surface area contributed by atoms with Gasteiger partial charge in [-0.3, -0.25) is 4.79 Å². The largest absolute Gasteiger partial charge is 0.493 e. The number of benzene rings is 2. The van der Waals surface area contributed by atoms with Crippen molar-refractivity contribution < 1.29 is 19.2 Å². The van der Waals surface area contributed by atoms with Gasteiger partial charge in [0.2, 0.25) is 0 Å². The molecule has 150 valence electrons. The van der Waals surface area contributed by atoms with Crippen LogP contribution in [0.5, 0.6) is 11.5 Å². The summed E-state index contributed by atoms with van der Waals surface area (Å²) in [4.78, 5) is 13.8. The lowest BCUT2D eigenvalue weighted by Gasteiger charge is -2.27. The fourth-order valence-corrected chi connectivity index (χ4v) is 4.20. The van der Waals surface area contributed by atoms with E-state index in [1.54, 1.807) is 26.4 Å². The van der Waals surface area contributed by atoms with Gasteiger partial charge in [-0.05, 0) is 42.3 Å². The molecule has 1 aliphatic heterocycles. The predicted octanol–water partition coefficient (Wildman–Crippen LogP) is 2.83. The van der Waals surface area contributed by atoms with Crippen molar-refractivity contribution in [3.05, 3.63) is 57.1 Å². The first-order valence-corrected chi connectivity index (χ1v) is 9.98. The van der Waals surface area contributed by atoms with Crippen molar-refractivity contribution in [2.45, 2.75) is 25.9 Å². The van der Waals surface area contributed by atoms with Crippen LogP contribution >= 0.6 is 23.2 Å². The van der Waals surface area contributed by atoms with E-state index in [1.807, 2.05) is 25.1 Å². The highest BCUT2D eigenvalue weighted by Crippen LogP contribution is 2.31. The Labute approximate surface area is 175 Å². The molecule has 0 saturated heterocycles. The Hall–Kier alpha value is -1.95. The summed E-state index contributed by atoms with van der Waals surface area (Å²) in [6, 6.07) is 9.18. The first-order chi connectivity index (χ1) is 13.4. The molecule has 1 aliphatic rings. The van der Waals surface area contributed by atoms with Crippen LogP contribution < -0.4 is 19.7 Å². The minimum Gasteiger partial charge on any atom is -0.493 e. The summed E-state index contributed by atoms with van der Waals surface area (Å²) < 4.78 is 10.8. The highest BCUT2D eigenvalue weighted by atomic mass is 35.5. The number of rotatable bonds is 6. The molecule has 1 heterocycles. The molecule has 28 heavy (non-hydrogen) atoms. The van der Waals surface area contributed by atoms with Gasteiger partial charge in [0, 0.05) is 22.0 Å². The number of carbonyl (C=O) groups excluding carboxylic acids is 1. The maximum absolute atomic E-state index is 12.6. The Morgan fingerprint density at radius 2 is 1.82 bits per heavy atom. The molecule has 1 unspecified atom stereocenters. The summed E-state index contributed by atoms with van der Waals surface area (Å²) in [5.74, 6) is 1.46. The molecule has 2 N–H and O–H groups in total. The highest BCUT2D eigenvalue weighted by molar-refractivity contribution is 6.35. The SMILES string of the molecule is COc1cc2c(cc1OC)C[NH+](CC(=O)N[C@@H](C)c1ccc(Cl)cc1Cl)CC2. The molecule has 0 radical (unpaired) electrons. The zero-order chi connectivity index (χ0) is 20.3. The van der Waals surface area contributed by atoms with Gasteiger partial charge in [0.25, 0.3) is 5.91 Å². The average molecular weight is 424 g/mol. The number of fused-ring (bicyclic) bond motifs is 1. The summed E-state index contributed by atoms with van der Waals surface area (Å²) in [7, 11) is 3.28. The van der Waals surface area contributed by atoms with Crippen molar-refractivity contribution in [1.82, 2.24) is 5.32 Å². The minimum absolute atomic E-state index is 0.00237. The fourth-order valence-electron chi connectivity index (χ4n) is 3.63. The van der Waals surface area contributed by atoms with Gasteiger partial charge in [0.15, 0.2) is 18.0 Å². The monoisotopic (exact) mass is 423 g/mol. The van der Waals surface area contributed by atoms with Crippen LogP contribution in [-0.2, 0) is 17.8 Å². The van der Waals surface area contributed by atoms with Gasteiger partial charge in [-0.2, -0.15) is 0 Å². The van der Waals surface area contributed by atoms with Gasteiger partial charge in [0.1, 0.15) is 6.54 Å². The van der Waals surface area contributed by atoms with Gasteiger partial charge in [-0.25, -0.2) is 0 Å². The molecule has 0 bridgehead atoms. The molecule has 7 heteroatoms. The molecule has 2 aromatic carbocycles. The lowest BCUT2D eigenvalue weighted by Crippen LogP contribution is -3.12. The van der Waals surface area contributed by atoms with E-state index in [0.717, 1.165) is 36.6 Å². The van der Waals surface area contributed by atoms with E-state index < -0.39 is 0 Å². The lowest BCUT2D eigenvalue weighted by molar-refractivity contribution is -0.908. The molecule has 0 aliphatic carbocycles. The number of nitrogens with one attached hydrogen (secondary N) is 2. The van der Waals surface area contributed by atoms with Crippen LogP contribution in [0.3, 0.4) is 0 Å². The number of hydrogen-bond donors (Lipinski definition) is 2. The molecule has 0 aromatic heterocycles. The highest BCUT2D eigenvalue weighted by Gasteiger charge is 2.24. The first kappa shape index (κ1) is 20.8. The molecular weight excluding hydrogens is 399 g/mol. The normalized spacial score (nSPS) is 16.8. The quantitative estimate of drug-likeness (QED) is 0.750. The summed E-state index contributed by atoms with van der Waals surface area (Å²) in [5, 5.41) is 4.17. The van der Waals surface area contributed by atoms with Crippen molar-refractivity contribution in [3.8, 4) is 11.5 Å². The van der Waals surface area contributed by atoms with Crippen LogP contribution in [-0.4, -0.2) is 33.2 Å². The van der Waals surface area contributed by atoms with Crippen molar-refractivity contribution in [2.75, 3.05) is 27.3 Å². The third kappa shape index (κ3) is 4.72. The third-order valence-corrected chi connectivity index (χ3v) is 5.67. The minimum atomic E-state index is -0.182. The summed E-state index contributed by atoms with van der Waals surface area (Å²) >= 11 is 12.2. The fraction of sp³-hybridized carbons (Fsp3) is 0.381. The van der Waals surface area contributed by atoms with Crippen LogP contribution in [0.25, 0.3) is 0 Å². The second kappa shape index (κ2) is 9.03. The van der Waals surface area contributed by atoms with E-state index in [-0.39, 0.29) is 11.9 Å². The molecule has 0 fully saturated rings. The van der Waals surface area contributed by atoms with Crippen molar-refractivity contribution in [2.24, 2.45) is 0 Å². The molecule has 2 aromatic rings. The maximum atomic E-state index is 12.6. The number of hydrogen-bond acceptors (Lipinski definition) is 3.